The highest BCUT2D eigenvalue weighted by Gasteiger charge is 2.33. The van der Waals surface area contributed by atoms with Crippen LogP contribution >= 0.6 is 11.8 Å². The number of aromatic nitrogens is 2. The van der Waals surface area contributed by atoms with Gasteiger partial charge >= 0.3 is 0 Å². The molecule has 1 heterocycles. The van der Waals surface area contributed by atoms with E-state index in [-0.39, 0.29) is 47.0 Å². The summed E-state index contributed by atoms with van der Waals surface area (Å²) in [5, 5.41) is 8.12. The Morgan fingerprint density at radius 2 is 1.86 bits per heavy atom. The van der Waals surface area contributed by atoms with E-state index in [0.29, 0.717) is 11.1 Å². The van der Waals surface area contributed by atoms with Crippen molar-refractivity contribution in [1.29, 1.82) is 0 Å². The highest BCUT2D eigenvalue weighted by molar-refractivity contribution is 7.99. The molecule has 2 aromatic carbocycles. The molecule has 1 aliphatic carbocycles. The molecule has 0 aliphatic heterocycles. The van der Waals surface area contributed by atoms with Crippen LogP contribution < -0.4 is 0 Å². The first-order chi connectivity index (χ1) is 13.6. The minimum Gasteiger partial charge on any atom is -0.411 e. The van der Waals surface area contributed by atoms with Crippen molar-refractivity contribution in [3.8, 4) is 11.5 Å². The monoisotopic (exact) mass is 401 g/mol. The molecule has 0 spiro atoms. The lowest BCUT2D eigenvalue weighted by atomic mass is 10.2. The van der Waals surface area contributed by atoms with E-state index in [1.807, 2.05) is 0 Å². The van der Waals surface area contributed by atoms with Crippen LogP contribution in [0.1, 0.15) is 18.4 Å². The topological polar surface area (TPSA) is 59.2 Å². The van der Waals surface area contributed by atoms with E-state index in [2.05, 4.69) is 10.2 Å². The Morgan fingerprint density at radius 3 is 2.57 bits per heavy atom. The number of benzene rings is 2. The number of halogens is 2. The van der Waals surface area contributed by atoms with E-state index < -0.39 is 0 Å². The molecule has 3 aromatic rings. The fourth-order valence-electron chi connectivity index (χ4n) is 2.80. The standard InChI is InChI=1S/C20H17F2N3O2S/c21-15-7-5-13(6-8-15)19-23-24-20(27-19)28-12-18(26)25(16-9-10-16)11-14-3-1-2-4-17(14)22/h1-8,16H,9-12H2. The first-order valence-electron chi connectivity index (χ1n) is 8.85. The lowest BCUT2D eigenvalue weighted by Gasteiger charge is -2.22. The zero-order valence-corrected chi connectivity index (χ0v) is 15.7. The van der Waals surface area contributed by atoms with Crippen LogP contribution in [0, 0.1) is 11.6 Å². The molecule has 8 heteroatoms. The first-order valence-corrected chi connectivity index (χ1v) is 9.84. The van der Waals surface area contributed by atoms with Crippen LogP contribution in [-0.4, -0.2) is 32.8 Å². The number of amides is 1. The molecule has 0 unspecified atom stereocenters. The zero-order valence-electron chi connectivity index (χ0n) is 14.8. The number of hydrogen-bond donors (Lipinski definition) is 0. The van der Waals surface area contributed by atoms with Gasteiger partial charge in [-0.05, 0) is 43.2 Å². The van der Waals surface area contributed by atoms with Gasteiger partial charge in [0.25, 0.3) is 5.22 Å². The Labute approximate surface area is 164 Å². The van der Waals surface area contributed by atoms with E-state index in [1.54, 1.807) is 35.2 Å². The molecule has 1 amide bonds. The van der Waals surface area contributed by atoms with Crippen molar-refractivity contribution >= 4 is 17.7 Å². The second-order valence-corrected chi connectivity index (χ2v) is 7.44. The Bertz CT molecular complexity index is 974. The Hall–Kier alpha value is -2.74. The van der Waals surface area contributed by atoms with Gasteiger partial charge in [0, 0.05) is 23.7 Å². The number of hydrogen-bond acceptors (Lipinski definition) is 5. The van der Waals surface area contributed by atoms with Crippen molar-refractivity contribution in [1.82, 2.24) is 15.1 Å². The maximum atomic E-state index is 13.9. The molecule has 1 aliphatic rings. The fourth-order valence-corrected chi connectivity index (χ4v) is 3.45. The van der Waals surface area contributed by atoms with Gasteiger partial charge in [-0.2, -0.15) is 0 Å². The van der Waals surface area contributed by atoms with Gasteiger partial charge in [0.05, 0.1) is 5.75 Å². The molecule has 4 rings (SSSR count). The summed E-state index contributed by atoms with van der Waals surface area (Å²) in [5.41, 5.74) is 1.11. The van der Waals surface area contributed by atoms with Crippen molar-refractivity contribution in [3.05, 3.63) is 65.7 Å². The summed E-state index contributed by atoms with van der Waals surface area (Å²) in [4.78, 5) is 14.4. The largest absolute Gasteiger partial charge is 0.411 e. The minimum atomic E-state index is -0.349. The minimum absolute atomic E-state index is 0.0997. The lowest BCUT2D eigenvalue weighted by molar-refractivity contribution is -0.129. The normalized spacial score (nSPS) is 13.5. The molecular weight excluding hydrogens is 384 g/mol. The molecule has 144 valence electrons. The highest BCUT2D eigenvalue weighted by atomic mass is 32.2. The van der Waals surface area contributed by atoms with Crippen molar-refractivity contribution < 1.29 is 18.0 Å². The SMILES string of the molecule is O=C(CSc1nnc(-c2ccc(F)cc2)o1)N(Cc1ccccc1F)C1CC1. The van der Waals surface area contributed by atoms with Gasteiger partial charge in [0.2, 0.25) is 11.8 Å². The summed E-state index contributed by atoms with van der Waals surface area (Å²) < 4.78 is 32.5. The molecule has 0 bridgehead atoms. The van der Waals surface area contributed by atoms with Gasteiger partial charge in [0.15, 0.2) is 0 Å². The molecule has 5 nitrogen and oxygen atoms in total. The summed E-state index contributed by atoms with van der Waals surface area (Å²) in [6.45, 7) is 0.251. The van der Waals surface area contributed by atoms with Crippen molar-refractivity contribution in [3.63, 3.8) is 0 Å². The lowest BCUT2D eigenvalue weighted by Crippen LogP contribution is -2.34. The Kier molecular flexibility index (Phi) is 5.38. The first kappa shape index (κ1) is 18.6. The maximum absolute atomic E-state index is 13.9. The van der Waals surface area contributed by atoms with Gasteiger partial charge in [-0.3, -0.25) is 4.79 Å². The summed E-state index contributed by atoms with van der Waals surface area (Å²) in [5.74, 6) is -0.374. The van der Waals surface area contributed by atoms with Crippen molar-refractivity contribution in [2.75, 3.05) is 5.75 Å². The van der Waals surface area contributed by atoms with E-state index in [4.69, 9.17) is 4.42 Å². The van der Waals surface area contributed by atoms with Crippen LogP contribution in [0.5, 0.6) is 0 Å². The third kappa shape index (κ3) is 4.39. The molecule has 1 aromatic heterocycles. The summed E-state index contributed by atoms with van der Waals surface area (Å²) >= 11 is 1.14. The van der Waals surface area contributed by atoms with E-state index in [9.17, 15) is 13.6 Å². The second-order valence-electron chi connectivity index (χ2n) is 6.51. The van der Waals surface area contributed by atoms with Crippen molar-refractivity contribution in [2.24, 2.45) is 0 Å². The highest BCUT2D eigenvalue weighted by Crippen LogP contribution is 2.30. The predicted molar refractivity (Wildman–Crippen MR) is 100 cm³/mol. The number of rotatable bonds is 7. The molecule has 28 heavy (non-hydrogen) atoms. The number of thioether (sulfide) groups is 1. The zero-order chi connectivity index (χ0) is 19.5. The maximum Gasteiger partial charge on any atom is 0.277 e. The van der Waals surface area contributed by atoms with Gasteiger partial charge in [0.1, 0.15) is 11.6 Å². The molecule has 0 atom stereocenters. The van der Waals surface area contributed by atoms with Gasteiger partial charge in [-0.1, -0.05) is 30.0 Å². The third-order valence-corrected chi connectivity index (χ3v) is 5.23. The molecular formula is C20H17F2N3O2S. The van der Waals surface area contributed by atoms with Crippen LogP contribution in [0.3, 0.4) is 0 Å². The van der Waals surface area contributed by atoms with Crippen LogP contribution in [-0.2, 0) is 11.3 Å². The smallest absolute Gasteiger partial charge is 0.277 e. The molecule has 1 saturated carbocycles. The third-order valence-electron chi connectivity index (χ3n) is 4.42. The van der Waals surface area contributed by atoms with Crippen LogP contribution in [0.4, 0.5) is 8.78 Å². The second kappa shape index (κ2) is 8.10. The number of carbonyl (C=O) groups is 1. The Morgan fingerprint density at radius 1 is 1.11 bits per heavy atom. The van der Waals surface area contributed by atoms with Gasteiger partial charge in [-0.15, -0.1) is 10.2 Å². The number of carbonyl (C=O) groups excluding carboxylic acids is 1. The van der Waals surface area contributed by atoms with Crippen LogP contribution in [0.25, 0.3) is 11.5 Å². The molecule has 1 fully saturated rings. The van der Waals surface area contributed by atoms with Crippen LogP contribution in [0.2, 0.25) is 0 Å². The van der Waals surface area contributed by atoms with Crippen molar-refractivity contribution in [2.45, 2.75) is 30.7 Å². The Balaban J connectivity index is 1.39. The molecule has 0 radical (unpaired) electrons. The average molecular weight is 401 g/mol. The average Bonchev–Trinajstić information content (AvgIpc) is 3.43. The summed E-state index contributed by atoms with van der Waals surface area (Å²) in [6.07, 6.45) is 1.86. The number of nitrogens with zero attached hydrogens (tertiary/aromatic N) is 3. The molecule has 0 N–H and O–H groups in total. The van der Waals surface area contributed by atoms with Gasteiger partial charge in [-0.25, -0.2) is 8.78 Å². The van der Waals surface area contributed by atoms with E-state index in [0.717, 1.165) is 24.6 Å². The fraction of sp³-hybridized carbons (Fsp3) is 0.250. The predicted octanol–water partition coefficient (Wildman–Crippen LogP) is 4.30. The van der Waals surface area contributed by atoms with E-state index >= 15 is 0 Å². The summed E-state index contributed by atoms with van der Waals surface area (Å²) in [6, 6.07) is 12.4. The quantitative estimate of drug-likeness (QED) is 0.553. The van der Waals surface area contributed by atoms with E-state index in [1.165, 1.54) is 18.2 Å². The molecule has 0 saturated heterocycles. The summed E-state index contributed by atoms with van der Waals surface area (Å²) in [7, 11) is 0. The van der Waals surface area contributed by atoms with Gasteiger partial charge < -0.3 is 9.32 Å². The van der Waals surface area contributed by atoms with Crippen LogP contribution in [0.15, 0.2) is 58.2 Å².